The van der Waals surface area contributed by atoms with Gasteiger partial charge in [-0.1, -0.05) is 28.1 Å². The maximum atomic E-state index is 12.2. The molecular formula is C16H13BrN4O3S. The number of nitrogens with two attached hydrogens (primary N) is 1. The van der Waals surface area contributed by atoms with E-state index in [0.717, 1.165) is 37.6 Å². The van der Waals surface area contributed by atoms with Crippen molar-refractivity contribution in [1.82, 2.24) is 10.4 Å². The highest BCUT2D eigenvalue weighted by Gasteiger charge is 2.19. The van der Waals surface area contributed by atoms with Crippen molar-refractivity contribution in [3.05, 3.63) is 62.7 Å². The Bertz CT molecular complexity index is 973. The van der Waals surface area contributed by atoms with Crippen LogP contribution < -0.4 is 11.3 Å². The van der Waals surface area contributed by atoms with E-state index in [1.807, 2.05) is 30.3 Å². The molecule has 0 saturated heterocycles. The molecule has 9 heteroatoms. The van der Waals surface area contributed by atoms with Gasteiger partial charge in [-0.2, -0.15) is 0 Å². The molecule has 1 amide bonds. The summed E-state index contributed by atoms with van der Waals surface area (Å²) in [5.74, 6) is 4.64. The summed E-state index contributed by atoms with van der Waals surface area (Å²) in [5.41, 5.74) is 4.76. The molecule has 0 unspecified atom stereocenters. The van der Waals surface area contributed by atoms with Gasteiger partial charge in [0.25, 0.3) is 11.8 Å². The van der Waals surface area contributed by atoms with Crippen LogP contribution in [0.3, 0.4) is 0 Å². The number of rotatable bonds is 5. The van der Waals surface area contributed by atoms with E-state index in [0.29, 0.717) is 11.3 Å². The molecule has 1 heterocycles. The molecule has 3 rings (SSSR count). The van der Waals surface area contributed by atoms with Crippen LogP contribution in [0.25, 0.3) is 22.0 Å². The first-order chi connectivity index (χ1) is 12.0. The lowest BCUT2D eigenvalue weighted by Crippen LogP contribution is -2.30. The van der Waals surface area contributed by atoms with Gasteiger partial charge >= 0.3 is 0 Å². The number of hydrogen-bond acceptors (Lipinski definition) is 5. The van der Waals surface area contributed by atoms with Crippen LogP contribution in [0.5, 0.6) is 0 Å². The van der Waals surface area contributed by atoms with Gasteiger partial charge in [-0.05, 0) is 47.7 Å². The summed E-state index contributed by atoms with van der Waals surface area (Å²) in [4.78, 5) is 26.2. The van der Waals surface area contributed by atoms with Crippen LogP contribution in [-0.2, 0) is 0 Å². The maximum absolute atomic E-state index is 12.2. The number of benzene rings is 2. The normalized spacial score (nSPS) is 10.8. The van der Waals surface area contributed by atoms with E-state index in [-0.39, 0.29) is 10.8 Å². The lowest BCUT2D eigenvalue weighted by molar-refractivity contribution is -0.456. The Hall–Kier alpha value is -2.36. The molecule has 0 fully saturated rings. The number of carbonyl (C=O) groups is 1. The highest BCUT2D eigenvalue weighted by Crippen LogP contribution is 2.36. The van der Waals surface area contributed by atoms with Crippen molar-refractivity contribution in [2.24, 2.45) is 5.84 Å². The zero-order chi connectivity index (χ0) is 18.0. The van der Waals surface area contributed by atoms with Crippen molar-refractivity contribution >= 4 is 44.5 Å². The van der Waals surface area contributed by atoms with Crippen LogP contribution in [0.2, 0.25) is 0 Å². The summed E-state index contributed by atoms with van der Waals surface area (Å²) in [6.07, 6.45) is 0. The third-order valence-corrected chi connectivity index (χ3v) is 5.00. The minimum absolute atomic E-state index is 0.224. The number of nitrogen functional groups attached to an aromatic ring is 1. The first kappa shape index (κ1) is 17.5. The molecule has 25 heavy (non-hydrogen) atoms. The first-order valence-corrected chi connectivity index (χ1v) is 8.94. The van der Waals surface area contributed by atoms with Crippen molar-refractivity contribution in [1.29, 1.82) is 0 Å². The number of nitrogens with one attached hydrogen (secondary N) is 2. The second-order valence-corrected chi connectivity index (χ2v) is 7.11. The van der Waals surface area contributed by atoms with Gasteiger partial charge in [-0.15, -0.1) is 0 Å². The molecule has 128 valence electrons. The van der Waals surface area contributed by atoms with Crippen molar-refractivity contribution in [2.45, 2.75) is 4.90 Å². The fraction of sp³-hybridized carbons (Fsp3) is 0.0625. The topological polar surface area (TPSA) is 114 Å². The van der Waals surface area contributed by atoms with Gasteiger partial charge < -0.3 is 4.98 Å². The van der Waals surface area contributed by atoms with E-state index in [1.54, 1.807) is 12.1 Å². The summed E-state index contributed by atoms with van der Waals surface area (Å²) < 4.78 is 0.873. The molecule has 7 nitrogen and oxygen atoms in total. The van der Waals surface area contributed by atoms with Gasteiger partial charge in [-0.25, -0.2) is 5.84 Å². The predicted octanol–water partition coefficient (Wildman–Crippen LogP) is 3.53. The Morgan fingerprint density at radius 2 is 2.12 bits per heavy atom. The van der Waals surface area contributed by atoms with Crippen LogP contribution in [-0.4, -0.2) is 21.7 Å². The molecule has 3 aromatic rings. The molecule has 2 aromatic carbocycles. The molecule has 0 aliphatic rings. The average molecular weight is 421 g/mol. The van der Waals surface area contributed by atoms with E-state index in [1.165, 1.54) is 0 Å². The zero-order valence-corrected chi connectivity index (χ0v) is 15.2. The Kier molecular flexibility index (Phi) is 5.07. The number of halogens is 1. The number of nitrogens with zero attached hydrogens (tertiary/aromatic N) is 1. The molecule has 0 aliphatic carbocycles. The lowest BCUT2D eigenvalue weighted by atomic mass is 10.0. The van der Waals surface area contributed by atoms with Gasteiger partial charge in [0.15, 0.2) is 0 Å². The summed E-state index contributed by atoms with van der Waals surface area (Å²) in [5, 5.41) is 11.4. The van der Waals surface area contributed by atoms with Crippen LogP contribution >= 0.6 is 27.7 Å². The molecule has 0 atom stereocenters. The van der Waals surface area contributed by atoms with Crippen molar-refractivity contribution in [3.63, 3.8) is 0 Å². The quantitative estimate of drug-likeness (QED) is 0.146. The van der Waals surface area contributed by atoms with E-state index in [2.05, 4.69) is 26.3 Å². The summed E-state index contributed by atoms with van der Waals surface area (Å²) in [7, 11) is 0. The number of aromatic nitrogens is 1. The number of H-pyrrole nitrogens is 1. The third-order valence-electron chi connectivity index (χ3n) is 3.58. The number of thioether (sulfide) groups is 1. The summed E-state index contributed by atoms with van der Waals surface area (Å²) in [6.45, 7) is 0. The maximum Gasteiger partial charge on any atom is 0.282 e. The standard InChI is InChI=1S/C16H13BrN4O3S/c17-10-3-1-2-9(6-10)14-12-7-11(25-8-21(23)24)4-5-13(12)19-15(14)16(22)20-18/h1-7,19H,8,18H2,(H,20,22). The van der Waals surface area contributed by atoms with Crippen LogP contribution in [0.1, 0.15) is 10.5 Å². The molecule has 0 aliphatic heterocycles. The molecular weight excluding hydrogens is 408 g/mol. The van der Waals surface area contributed by atoms with E-state index < -0.39 is 5.91 Å². The van der Waals surface area contributed by atoms with Gasteiger partial charge in [0.2, 0.25) is 0 Å². The van der Waals surface area contributed by atoms with Crippen LogP contribution in [0.15, 0.2) is 51.8 Å². The summed E-state index contributed by atoms with van der Waals surface area (Å²) in [6, 6.07) is 13.0. The third kappa shape index (κ3) is 3.68. The predicted molar refractivity (Wildman–Crippen MR) is 101 cm³/mol. The molecule has 0 saturated carbocycles. The van der Waals surface area contributed by atoms with E-state index >= 15 is 0 Å². The second kappa shape index (κ2) is 7.26. The number of hydrazine groups is 1. The van der Waals surface area contributed by atoms with Gasteiger partial charge in [0.05, 0.1) is 0 Å². The zero-order valence-electron chi connectivity index (χ0n) is 12.8. The molecule has 4 N–H and O–H groups in total. The largest absolute Gasteiger partial charge is 0.350 e. The second-order valence-electron chi connectivity index (χ2n) is 5.17. The fourth-order valence-electron chi connectivity index (χ4n) is 2.57. The Morgan fingerprint density at radius 3 is 2.80 bits per heavy atom. The lowest BCUT2D eigenvalue weighted by Gasteiger charge is -2.05. The number of nitro groups is 1. The van der Waals surface area contributed by atoms with Gasteiger partial charge in [0, 0.05) is 30.8 Å². The minimum atomic E-state index is -0.439. The SMILES string of the molecule is NNC(=O)c1[nH]c2ccc(SC[N+](=O)[O-])cc2c1-c1cccc(Br)c1. The van der Waals surface area contributed by atoms with Crippen LogP contribution in [0.4, 0.5) is 0 Å². The highest BCUT2D eigenvalue weighted by atomic mass is 79.9. The number of fused-ring (bicyclic) bond motifs is 1. The number of hydrogen-bond donors (Lipinski definition) is 3. The van der Waals surface area contributed by atoms with Crippen molar-refractivity contribution in [2.75, 3.05) is 5.88 Å². The number of carbonyl (C=O) groups excluding carboxylic acids is 1. The van der Waals surface area contributed by atoms with Gasteiger partial charge in [-0.3, -0.25) is 20.3 Å². The van der Waals surface area contributed by atoms with Crippen molar-refractivity contribution < 1.29 is 9.72 Å². The van der Waals surface area contributed by atoms with E-state index in [4.69, 9.17) is 5.84 Å². The Morgan fingerprint density at radius 1 is 1.32 bits per heavy atom. The highest BCUT2D eigenvalue weighted by molar-refractivity contribution is 9.10. The summed E-state index contributed by atoms with van der Waals surface area (Å²) >= 11 is 4.56. The van der Waals surface area contributed by atoms with Crippen molar-refractivity contribution in [3.8, 4) is 11.1 Å². The molecule has 0 radical (unpaired) electrons. The number of aromatic amines is 1. The van der Waals surface area contributed by atoms with Crippen LogP contribution in [0, 0.1) is 10.1 Å². The fourth-order valence-corrected chi connectivity index (χ4v) is 3.59. The van der Waals surface area contributed by atoms with E-state index in [9.17, 15) is 14.9 Å². The first-order valence-electron chi connectivity index (χ1n) is 7.17. The molecule has 0 bridgehead atoms. The molecule has 1 aromatic heterocycles. The number of amides is 1. The Balaban J connectivity index is 2.20. The Labute approximate surface area is 155 Å². The smallest absolute Gasteiger partial charge is 0.282 e. The average Bonchev–Trinajstić information content (AvgIpc) is 2.97. The van der Waals surface area contributed by atoms with Gasteiger partial charge in [0.1, 0.15) is 5.69 Å². The molecule has 0 spiro atoms. The minimum Gasteiger partial charge on any atom is -0.350 e. The monoisotopic (exact) mass is 420 g/mol.